The van der Waals surface area contributed by atoms with Crippen molar-refractivity contribution in [3.8, 4) is 0 Å². The molecule has 0 bridgehead atoms. The van der Waals surface area contributed by atoms with Crippen LogP contribution >= 0.6 is 0 Å². The summed E-state index contributed by atoms with van der Waals surface area (Å²) in [4.78, 5) is 30.2. The third-order valence-electron chi connectivity index (χ3n) is 5.17. The van der Waals surface area contributed by atoms with Gasteiger partial charge in [0.25, 0.3) is 11.5 Å². The van der Waals surface area contributed by atoms with Gasteiger partial charge in [-0.1, -0.05) is 30.5 Å². The maximum atomic E-state index is 12.9. The highest BCUT2D eigenvalue weighted by atomic mass is 16.1. The Morgan fingerprint density at radius 1 is 1.04 bits per heavy atom. The smallest absolute Gasteiger partial charge is 0.261 e. The average molecular weight is 361 g/mol. The fraction of sp³-hybridized carbons (Fsp3) is 0.318. The van der Waals surface area contributed by atoms with E-state index in [1.54, 1.807) is 22.7 Å². The zero-order chi connectivity index (χ0) is 18.8. The Morgan fingerprint density at radius 2 is 1.78 bits per heavy atom. The lowest BCUT2D eigenvalue weighted by Crippen LogP contribution is -2.24. The fourth-order valence-electron chi connectivity index (χ4n) is 3.61. The first kappa shape index (κ1) is 17.5. The van der Waals surface area contributed by atoms with Gasteiger partial charge in [0.1, 0.15) is 5.65 Å². The molecule has 0 saturated carbocycles. The second-order valence-electron chi connectivity index (χ2n) is 7.22. The van der Waals surface area contributed by atoms with Gasteiger partial charge in [0.05, 0.1) is 5.69 Å². The molecule has 1 aliphatic rings. The van der Waals surface area contributed by atoms with Crippen LogP contribution in [0.15, 0.2) is 47.4 Å². The standard InChI is InChI=1S/C22H23N3O2/c1-15-8-10-17(11-9-15)23-21(26)16-12-13-25-20(14-16)24-19-7-5-3-2-4-6-18(19)22(25)27/h8-14H,2-7H2,1H3,(H,23,26). The molecule has 4 rings (SSSR count). The molecule has 5 nitrogen and oxygen atoms in total. The summed E-state index contributed by atoms with van der Waals surface area (Å²) in [6, 6.07) is 11.0. The summed E-state index contributed by atoms with van der Waals surface area (Å²) >= 11 is 0. The van der Waals surface area contributed by atoms with Gasteiger partial charge in [0.2, 0.25) is 0 Å². The lowest BCUT2D eigenvalue weighted by molar-refractivity contribution is 0.102. The molecule has 27 heavy (non-hydrogen) atoms. The van der Waals surface area contributed by atoms with Crippen LogP contribution in [0.1, 0.15) is 52.9 Å². The number of pyridine rings is 1. The normalized spacial score (nSPS) is 14.3. The Hall–Kier alpha value is -2.95. The number of rotatable bonds is 2. The van der Waals surface area contributed by atoms with Crippen LogP contribution < -0.4 is 10.9 Å². The van der Waals surface area contributed by atoms with Crippen LogP contribution in [-0.4, -0.2) is 15.3 Å². The predicted octanol–water partition coefficient (Wildman–Crippen LogP) is 3.91. The number of aromatic nitrogens is 2. The molecule has 3 aromatic rings. The summed E-state index contributed by atoms with van der Waals surface area (Å²) < 4.78 is 1.56. The number of nitrogens with zero attached hydrogens (tertiary/aromatic N) is 2. The highest BCUT2D eigenvalue weighted by Crippen LogP contribution is 2.18. The average Bonchev–Trinajstić information content (AvgIpc) is 2.65. The summed E-state index contributed by atoms with van der Waals surface area (Å²) in [6.45, 7) is 2.00. The van der Waals surface area contributed by atoms with Crippen molar-refractivity contribution >= 4 is 17.2 Å². The van der Waals surface area contributed by atoms with Gasteiger partial charge in [-0.25, -0.2) is 4.98 Å². The molecule has 0 spiro atoms. The lowest BCUT2D eigenvalue weighted by atomic mass is 9.98. The van der Waals surface area contributed by atoms with Gasteiger partial charge in [-0.2, -0.15) is 0 Å². The first-order valence-electron chi connectivity index (χ1n) is 9.54. The number of hydrogen-bond acceptors (Lipinski definition) is 3. The van der Waals surface area contributed by atoms with E-state index in [1.165, 1.54) is 12.8 Å². The lowest BCUT2D eigenvalue weighted by Gasteiger charge is -2.14. The van der Waals surface area contributed by atoms with Crippen molar-refractivity contribution in [1.29, 1.82) is 0 Å². The highest BCUT2D eigenvalue weighted by molar-refractivity contribution is 6.04. The topological polar surface area (TPSA) is 63.5 Å². The van der Waals surface area contributed by atoms with E-state index in [0.717, 1.165) is 48.2 Å². The summed E-state index contributed by atoms with van der Waals surface area (Å²) in [5.74, 6) is -0.206. The minimum Gasteiger partial charge on any atom is -0.322 e. The maximum Gasteiger partial charge on any atom is 0.261 e. The van der Waals surface area contributed by atoms with Gasteiger partial charge in [-0.05, 0) is 56.9 Å². The summed E-state index contributed by atoms with van der Waals surface area (Å²) in [5, 5.41) is 2.89. The Labute approximate surface area is 158 Å². The number of aryl methyl sites for hydroxylation is 2. The number of hydrogen-bond donors (Lipinski definition) is 1. The number of benzene rings is 1. The van der Waals surface area contributed by atoms with E-state index in [0.29, 0.717) is 11.2 Å². The zero-order valence-corrected chi connectivity index (χ0v) is 15.5. The molecule has 1 amide bonds. The first-order valence-corrected chi connectivity index (χ1v) is 9.54. The largest absolute Gasteiger partial charge is 0.322 e. The van der Waals surface area contributed by atoms with Crippen molar-refractivity contribution in [2.75, 3.05) is 5.32 Å². The van der Waals surface area contributed by atoms with Crippen molar-refractivity contribution < 1.29 is 4.79 Å². The Morgan fingerprint density at radius 3 is 2.56 bits per heavy atom. The number of nitrogens with one attached hydrogen (secondary N) is 1. The first-order chi connectivity index (χ1) is 13.1. The number of carbonyl (C=O) groups is 1. The van der Waals surface area contributed by atoms with Crippen molar-refractivity contribution in [1.82, 2.24) is 9.38 Å². The molecule has 1 aromatic carbocycles. The van der Waals surface area contributed by atoms with Crippen LogP contribution in [0.2, 0.25) is 0 Å². The molecule has 1 aliphatic carbocycles. The SMILES string of the molecule is Cc1ccc(NC(=O)c2ccn3c(=O)c4c(nc3c2)CCCCCC4)cc1. The van der Waals surface area contributed by atoms with E-state index < -0.39 is 0 Å². The minimum absolute atomic E-state index is 0.00222. The minimum atomic E-state index is -0.206. The molecule has 0 aliphatic heterocycles. The van der Waals surface area contributed by atoms with E-state index in [2.05, 4.69) is 5.32 Å². The van der Waals surface area contributed by atoms with Gasteiger partial charge in [0, 0.05) is 23.0 Å². The van der Waals surface area contributed by atoms with Crippen molar-refractivity contribution in [3.63, 3.8) is 0 Å². The molecule has 2 heterocycles. The van der Waals surface area contributed by atoms with Crippen molar-refractivity contribution in [2.24, 2.45) is 0 Å². The molecule has 1 N–H and O–H groups in total. The molecule has 2 aromatic heterocycles. The second kappa shape index (κ2) is 7.35. The number of anilines is 1. The predicted molar refractivity (Wildman–Crippen MR) is 106 cm³/mol. The van der Waals surface area contributed by atoms with E-state index in [4.69, 9.17) is 4.98 Å². The molecule has 138 valence electrons. The second-order valence-corrected chi connectivity index (χ2v) is 7.22. The Kier molecular flexibility index (Phi) is 4.75. The molecule has 0 saturated heterocycles. The number of carbonyl (C=O) groups excluding carboxylic acids is 1. The summed E-state index contributed by atoms with van der Waals surface area (Å²) in [7, 11) is 0. The van der Waals surface area contributed by atoms with E-state index in [1.807, 2.05) is 31.2 Å². The van der Waals surface area contributed by atoms with Crippen molar-refractivity contribution in [3.05, 3.63) is 75.3 Å². The van der Waals surface area contributed by atoms with Gasteiger partial charge < -0.3 is 5.32 Å². The van der Waals surface area contributed by atoms with Crippen LogP contribution in [0.5, 0.6) is 0 Å². The zero-order valence-electron chi connectivity index (χ0n) is 15.5. The molecule has 5 heteroatoms. The maximum absolute atomic E-state index is 12.9. The monoisotopic (exact) mass is 361 g/mol. The fourth-order valence-corrected chi connectivity index (χ4v) is 3.61. The van der Waals surface area contributed by atoms with Gasteiger partial charge in [-0.3, -0.25) is 14.0 Å². The van der Waals surface area contributed by atoms with Crippen LogP contribution in [-0.2, 0) is 12.8 Å². The number of fused-ring (bicyclic) bond motifs is 2. The summed E-state index contributed by atoms with van der Waals surface area (Å²) in [6.07, 6.45) is 7.73. The number of amides is 1. The van der Waals surface area contributed by atoms with E-state index in [9.17, 15) is 9.59 Å². The van der Waals surface area contributed by atoms with Crippen LogP contribution in [0.4, 0.5) is 5.69 Å². The highest BCUT2D eigenvalue weighted by Gasteiger charge is 2.16. The molecular formula is C22H23N3O2. The van der Waals surface area contributed by atoms with Crippen LogP contribution in [0.25, 0.3) is 5.65 Å². The molecule has 0 radical (unpaired) electrons. The quantitative estimate of drug-likeness (QED) is 0.753. The van der Waals surface area contributed by atoms with Gasteiger partial charge in [0.15, 0.2) is 0 Å². The van der Waals surface area contributed by atoms with Crippen LogP contribution in [0.3, 0.4) is 0 Å². The summed E-state index contributed by atoms with van der Waals surface area (Å²) in [5.41, 5.74) is 4.65. The Balaban J connectivity index is 1.69. The van der Waals surface area contributed by atoms with E-state index in [-0.39, 0.29) is 11.5 Å². The van der Waals surface area contributed by atoms with Crippen molar-refractivity contribution in [2.45, 2.75) is 45.4 Å². The third-order valence-corrected chi connectivity index (χ3v) is 5.17. The van der Waals surface area contributed by atoms with Gasteiger partial charge >= 0.3 is 0 Å². The molecule has 0 unspecified atom stereocenters. The molecule has 0 fully saturated rings. The van der Waals surface area contributed by atoms with Gasteiger partial charge in [-0.15, -0.1) is 0 Å². The third kappa shape index (κ3) is 3.63. The van der Waals surface area contributed by atoms with Crippen LogP contribution in [0, 0.1) is 6.92 Å². The Bertz CT molecular complexity index is 1050. The molecule has 0 atom stereocenters. The van der Waals surface area contributed by atoms with E-state index >= 15 is 0 Å². The molecular weight excluding hydrogens is 338 g/mol.